The minimum atomic E-state index is -1.28. The van der Waals surface area contributed by atoms with Crippen LogP contribution in [-0.4, -0.2) is 17.0 Å². The number of hydrogen-bond donors (Lipinski definition) is 2. The van der Waals surface area contributed by atoms with Gasteiger partial charge >= 0.3 is 5.97 Å². The van der Waals surface area contributed by atoms with Crippen molar-refractivity contribution in [2.75, 3.05) is 0 Å². The van der Waals surface area contributed by atoms with Gasteiger partial charge in [0.15, 0.2) is 0 Å². The van der Waals surface area contributed by atoms with Gasteiger partial charge in [0.05, 0.1) is 16.8 Å². The number of rotatable bonds is 4. The van der Waals surface area contributed by atoms with Crippen LogP contribution >= 0.6 is 11.6 Å². The van der Waals surface area contributed by atoms with Gasteiger partial charge in [-0.3, -0.25) is 4.79 Å². The van der Waals surface area contributed by atoms with Crippen LogP contribution in [0.3, 0.4) is 0 Å². The number of carbonyl (C=O) groups excluding carboxylic acids is 1. The van der Waals surface area contributed by atoms with Crippen molar-refractivity contribution >= 4 is 29.6 Å². The molecule has 0 atom stereocenters. The summed E-state index contributed by atoms with van der Waals surface area (Å²) in [5.41, 5.74) is -0.106. The summed E-state index contributed by atoms with van der Waals surface area (Å²) < 4.78 is 5.01. The van der Waals surface area contributed by atoms with E-state index in [-0.39, 0.29) is 16.3 Å². The molecule has 0 unspecified atom stereocenters. The summed E-state index contributed by atoms with van der Waals surface area (Å²) in [6.07, 6.45) is 2.62. The van der Waals surface area contributed by atoms with E-state index in [0.717, 1.165) is 0 Å². The van der Waals surface area contributed by atoms with Gasteiger partial charge in [-0.2, -0.15) is 0 Å². The number of hydrogen-bond acceptors (Lipinski definition) is 3. The maximum absolute atomic E-state index is 12.0. The van der Waals surface area contributed by atoms with Gasteiger partial charge in [0.25, 0.3) is 5.91 Å². The average molecular weight is 292 g/mol. The SMILES string of the molecule is O=C(O)C(=Cc1ccco1)NC(=O)c1ccccc1Cl. The topological polar surface area (TPSA) is 79.5 Å². The molecule has 20 heavy (non-hydrogen) atoms. The number of nitrogens with one attached hydrogen (secondary N) is 1. The van der Waals surface area contributed by atoms with E-state index in [1.807, 2.05) is 0 Å². The Labute approximate surface area is 119 Å². The molecule has 1 aromatic heterocycles. The molecule has 0 aliphatic rings. The van der Waals surface area contributed by atoms with Crippen molar-refractivity contribution in [2.24, 2.45) is 0 Å². The molecule has 0 saturated heterocycles. The van der Waals surface area contributed by atoms with Crippen molar-refractivity contribution in [3.05, 3.63) is 64.7 Å². The molecule has 0 bridgehead atoms. The minimum absolute atomic E-state index is 0.195. The Morgan fingerprint density at radius 1 is 1.20 bits per heavy atom. The Bertz CT molecular complexity index is 662. The van der Waals surface area contributed by atoms with Crippen LogP contribution in [0.15, 0.2) is 52.8 Å². The summed E-state index contributed by atoms with van der Waals surface area (Å²) in [6, 6.07) is 9.55. The number of carbonyl (C=O) groups is 2. The third-order valence-electron chi connectivity index (χ3n) is 2.43. The Morgan fingerprint density at radius 3 is 2.55 bits per heavy atom. The van der Waals surface area contributed by atoms with E-state index in [1.54, 1.807) is 30.3 Å². The van der Waals surface area contributed by atoms with Crippen molar-refractivity contribution < 1.29 is 19.1 Å². The smallest absolute Gasteiger partial charge is 0.352 e. The molecule has 0 fully saturated rings. The van der Waals surface area contributed by atoms with E-state index in [2.05, 4.69) is 5.32 Å². The molecule has 6 heteroatoms. The van der Waals surface area contributed by atoms with Gasteiger partial charge in [-0.25, -0.2) is 4.79 Å². The van der Waals surface area contributed by atoms with Crippen LogP contribution in [-0.2, 0) is 4.79 Å². The second kappa shape index (κ2) is 6.08. The van der Waals surface area contributed by atoms with Crippen molar-refractivity contribution in [1.29, 1.82) is 0 Å². The van der Waals surface area contributed by atoms with Gasteiger partial charge in [0.1, 0.15) is 11.5 Å². The number of halogens is 1. The fourth-order valence-electron chi connectivity index (χ4n) is 1.50. The van der Waals surface area contributed by atoms with Crippen molar-refractivity contribution in [1.82, 2.24) is 5.32 Å². The van der Waals surface area contributed by atoms with Crippen molar-refractivity contribution in [2.45, 2.75) is 0 Å². The average Bonchev–Trinajstić information content (AvgIpc) is 2.91. The normalized spacial score (nSPS) is 11.2. The Kier molecular flexibility index (Phi) is 4.22. The van der Waals surface area contributed by atoms with Crippen LogP contribution in [0.1, 0.15) is 16.1 Å². The van der Waals surface area contributed by atoms with Crippen LogP contribution in [0.2, 0.25) is 5.02 Å². The first-order chi connectivity index (χ1) is 9.58. The van der Waals surface area contributed by atoms with Gasteiger partial charge in [0, 0.05) is 6.08 Å². The Morgan fingerprint density at radius 2 is 1.95 bits per heavy atom. The van der Waals surface area contributed by atoms with E-state index in [1.165, 1.54) is 18.4 Å². The highest BCUT2D eigenvalue weighted by molar-refractivity contribution is 6.34. The first kappa shape index (κ1) is 13.9. The minimum Gasteiger partial charge on any atom is -0.477 e. The van der Waals surface area contributed by atoms with E-state index < -0.39 is 11.9 Å². The predicted molar refractivity (Wildman–Crippen MR) is 73.2 cm³/mol. The second-order valence-electron chi connectivity index (χ2n) is 3.81. The molecule has 0 aliphatic carbocycles. The molecule has 2 N–H and O–H groups in total. The lowest BCUT2D eigenvalue weighted by atomic mass is 10.2. The van der Waals surface area contributed by atoms with Crippen LogP contribution in [0.25, 0.3) is 6.08 Å². The highest BCUT2D eigenvalue weighted by Gasteiger charge is 2.15. The van der Waals surface area contributed by atoms with Crippen LogP contribution in [0, 0.1) is 0 Å². The molecule has 0 saturated carbocycles. The third-order valence-corrected chi connectivity index (χ3v) is 2.76. The zero-order valence-corrected chi connectivity index (χ0v) is 10.9. The lowest BCUT2D eigenvalue weighted by Crippen LogP contribution is -2.27. The Hall–Kier alpha value is -2.53. The molecule has 1 aromatic carbocycles. The second-order valence-corrected chi connectivity index (χ2v) is 4.22. The number of aliphatic carboxylic acids is 1. The van der Waals surface area contributed by atoms with Crippen molar-refractivity contribution in [3.8, 4) is 0 Å². The number of amides is 1. The van der Waals surface area contributed by atoms with E-state index in [0.29, 0.717) is 5.76 Å². The lowest BCUT2D eigenvalue weighted by Gasteiger charge is -2.06. The predicted octanol–water partition coefficient (Wildman–Crippen LogP) is 2.79. The molecular weight excluding hydrogens is 282 g/mol. The lowest BCUT2D eigenvalue weighted by molar-refractivity contribution is -0.132. The molecule has 0 radical (unpaired) electrons. The summed E-state index contributed by atoms with van der Waals surface area (Å²) in [7, 11) is 0. The fraction of sp³-hybridized carbons (Fsp3) is 0. The molecule has 5 nitrogen and oxygen atoms in total. The fourth-order valence-corrected chi connectivity index (χ4v) is 1.72. The molecule has 1 amide bonds. The third kappa shape index (κ3) is 3.27. The van der Waals surface area contributed by atoms with Gasteiger partial charge in [0.2, 0.25) is 0 Å². The van der Waals surface area contributed by atoms with Crippen molar-refractivity contribution in [3.63, 3.8) is 0 Å². The molecule has 1 heterocycles. The molecule has 102 valence electrons. The monoisotopic (exact) mass is 291 g/mol. The molecule has 0 aliphatic heterocycles. The Balaban J connectivity index is 2.24. The van der Waals surface area contributed by atoms with Gasteiger partial charge in [-0.1, -0.05) is 23.7 Å². The first-order valence-corrected chi connectivity index (χ1v) is 6.00. The van der Waals surface area contributed by atoms with Crippen LogP contribution < -0.4 is 5.32 Å². The van der Waals surface area contributed by atoms with Gasteiger partial charge in [-0.15, -0.1) is 0 Å². The maximum atomic E-state index is 12.0. The van der Waals surface area contributed by atoms with E-state index in [4.69, 9.17) is 21.1 Å². The summed E-state index contributed by atoms with van der Waals surface area (Å²) in [6.45, 7) is 0. The summed E-state index contributed by atoms with van der Waals surface area (Å²) in [5, 5.41) is 11.6. The highest BCUT2D eigenvalue weighted by atomic mass is 35.5. The van der Waals surface area contributed by atoms with E-state index >= 15 is 0 Å². The number of carboxylic acid groups (broad SMARTS) is 1. The number of carboxylic acids is 1. The largest absolute Gasteiger partial charge is 0.477 e. The number of furan rings is 1. The zero-order chi connectivity index (χ0) is 14.5. The van der Waals surface area contributed by atoms with Gasteiger partial charge < -0.3 is 14.8 Å². The summed E-state index contributed by atoms with van der Waals surface area (Å²) in [5.74, 6) is -1.56. The van der Waals surface area contributed by atoms with E-state index in [9.17, 15) is 9.59 Å². The van der Waals surface area contributed by atoms with Crippen LogP contribution in [0.5, 0.6) is 0 Å². The quantitative estimate of drug-likeness (QED) is 0.849. The molecule has 0 spiro atoms. The summed E-state index contributed by atoms with van der Waals surface area (Å²) >= 11 is 5.88. The first-order valence-electron chi connectivity index (χ1n) is 5.62. The standard InChI is InChI=1S/C14H10ClNO4/c15-11-6-2-1-5-10(11)13(17)16-12(14(18)19)8-9-4-3-7-20-9/h1-8H,(H,16,17)(H,18,19). The number of benzene rings is 1. The molecule has 2 aromatic rings. The zero-order valence-electron chi connectivity index (χ0n) is 10.2. The van der Waals surface area contributed by atoms with Crippen LogP contribution in [0.4, 0.5) is 0 Å². The maximum Gasteiger partial charge on any atom is 0.352 e. The molecular formula is C14H10ClNO4. The molecule has 2 rings (SSSR count). The highest BCUT2D eigenvalue weighted by Crippen LogP contribution is 2.15. The van der Waals surface area contributed by atoms with Gasteiger partial charge in [-0.05, 0) is 24.3 Å². The summed E-state index contributed by atoms with van der Waals surface area (Å²) in [4.78, 5) is 23.1.